The van der Waals surface area contributed by atoms with Gasteiger partial charge in [-0.3, -0.25) is 15.2 Å². The number of carbonyl (C=O) groups excluding carboxylic acids is 1. The minimum atomic E-state index is -1.22. The molecule has 0 radical (unpaired) electrons. The number of carbonyl (C=O) groups is 1. The fraction of sp³-hybridized carbons (Fsp3) is 0.333. The maximum Gasteiger partial charge on any atom is 0.329 e. The van der Waals surface area contributed by atoms with Crippen LogP contribution < -0.4 is 5.73 Å². The molecule has 3 N–H and O–H groups in total. The van der Waals surface area contributed by atoms with Crippen LogP contribution in [0.4, 0.5) is 5.69 Å². The number of esters is 1. The van der Waals surface area contributed by atoms with E-state index in [2.05, 4.69) is 14.9 Å². The fourth-order valence-corrected chi connectivity index (χ4v) is 0.909. The lowest BCUT2D eigenvalue weighted by Crippen LogP contribution is -2.23. The summed E-state index contributed by atoms with van der Waals surface area (Å²) >= 11 is 0. The predicted octanol–water partition coefficient (Wildman–Crippen LogP) is -0.509. The maximum absolute atomic E-state index is 11.0. The van der Waals surface area contributed by atoms with E-state index in [1.54, 1.807) is 0 Å². The quantitative estimate of drug-likeness (QED) is 0.384. The number of nitrogens with one attached hydrogen (secondary N) is 1. The van der Waals surface area contributed by atoms with Gasteiger partial charge in [0.25, 0.3) is 0 Å². The Bertz CT molecular complexity index is 360. The lowest BCUT2D eigenvalue weighted by Gasteiger charge is -2.05. The van der Waals surface area contributed by atoms with E-state index in [0.29, 0.717) is 0 Å². The van der Waals surface area contributed by atoms with Crippen LogP contribution >= 0.6 is 0 Å². The standard InChI is InChI=1S/C6H8N4O4/c1-14-6(11)4(7)5-3(10(12)13)2-8-9-5/h2,4H,7H2,1H3,(H,8,9). The summed E-state index contributed by atoms with van der Waals surface area (Å²) in [4.78, 5) is 20.7. The van der Waals surface area contributed by atoms with E-state index in [-0.39, 0.29) is 11.4 Å². The Balaban J connectivity index is 3.00. The van der Waals surface area contributed by atoms with E-state index in [9.17, 15) is 14.9 Å². The molecule has 0 amide bonds. The Morgan fingerprint density at radius 1 is 1.86 bits per heavy atom. The highest BCUT2D eigenvalue weighted by Gasteiger charge is 2.27. The summed E-state index contributed by atoms with van der Waals surface area (Å²) in [5, 5.41) is 16.1. The summed E-state index contributed by atoms with van der Waals surface area (Å²) in [5.74, 6) is -0.766. The van der Waals surface area contributed by atoms with E-state index in [1.165, 1.54) is 0 Å². The van der Waals surface area contributed by atoms with E-state index >= 15 is 0 Å². The Labute approximate surface area is 78.2 Å². The Morgan fingerprint density at radius 3 is 3.00 bits per heavy atom. The summed E-state index contributed by atoms with van der Waals surface area (Å²) in [6.07, 6.45) is 0.984. The molecule has 1 rings (SSSR count). The highest BCUT2D eigenvalue weighted by Crippen LogP contribution is 2.20. The fourth-order valence-electron chi connectivity index (χ4n) is 0.909. The van der Waals surface area contributed by atoms with Crippen molar-refractivity contribution in [2.24, 2.45) is 5.73 Å². The van der Waals surface area contributed by atoms with Crippen molar-refractivity contribution in [2.45, 2.75) is 6.04 Å². The Hall–Kier alpha value is -1.96. The summed E-state index contributed by atoms with van der Waals surface area (Å²) in [7, 11) is 1.14. The van der Waals surface area contributed by atoms with Gasteiger partial charge in [0.05, 0.1) is 12.0 Å². The van der Waals surface area contributed by atoms with Crippen LogP contribution in [-0.2, 0) is 9.53 Å². The van der Waals surface area contributed by atoms with Gasteiger partial charge in [-0.15, -0.1) is 0 Å². The third-order valence-corrected chi connectivity index (χ3v) is 1.61. The van der Waals surface area contributed by atoms with Gasteiger partial charge in [-0.25, -0.2) is 4.79 Å². The third kappa shape index (κ3) is 1.69. The molecule has 0 fully saturated rings. The topological polar surface area (TPSA) is 124 Å². The summed E-state index contributed by atoms with van der Waals surface area (Å²) in [5.41, 5.74) is 4.98. The minimum absolute atomic E-state index is 0.0677. The summed E-state index contributed by atoms with van der Waals surface area (Å²) in [6, 6.07) is -1.22. The van der Waals surface area contributed by atoms with Crippen LogP contribution in [0.2, 0.25) is 0 Å². The largest absolute Gasteiger partial charge is 0.468 e. The molecule has 0 aliphatic rings. The molecule has 14 heavy (non-hydrogen) atoms. The van der Waals surface area contributed by atoms with E-state index < -0.39 is 16.9 Å². The van der Waals surface area contributed by atoms with Crippen molar-refractivity contribution in [1.29, 1.82) is 0 Å². The second kappa shape index (κ2) is 3.83. The number of methoxy groups -OCH3 is 1. The number of nitrogens with zero attached hydrogens (tertiary/aromatic N) is 2. The first-order valence-corrected chi connectivity index (χ1v) is 3.59. The normalized spacial score (nSPS) is 12.1. The lowest BCUT2D eigenvalue weighted by molar-refractivity contribution is -0.385. The highest BCUT2D eigenvalue weighted by molar-refractivity contribution is 5.77. The zero-order valence-electron chi connectivity index (χ0n) is 7.26. The monoisotopic (exact) mass is 200 g/mol. The molecule has 1 heterocycles. The summed E-state index contributed by atoms with van der Waals surface area (Å²) in [6.45, 7) is 0. The van der Waals surface area contributed by atoms with Gasteiger partial charge in [0.1, 0.15) is 11.9 Å². The van der Waals surface area contributed by atoms with Crippen molar-refractivity contribution in [1.82, 2.24) is 10.2 Å². The summed E-state index contributed by atoms with van der Waals surface area (Å²) < 4.78 is 4.34. The molecular formula is C6H8N4O4. The first-order valence-electron chi connectivity index (χ1n) is 3.59. The number of nitrogens with two attached hydrogens (primary N) is 1. The van der Waals surface area contributed by atoms with Crippen molar-refractivity contribution in [2.75, 3.05) is 7.11 Å². The van der Waals surface area contributed by atoms with Crippen molar-refractivity contribution < 1.29 is 14.5 Å². The molecule has 8 heteroatoms. The number of nitro groups is 1. The van der Waals surface area contributed by atoms with Gasteiger partial charge in [-0.1, -0.05) is 0 Å². The molecule has 1 atom stereocenters. The molecule has 0 aliphatic carbocycles. The number of hydrogen-bond acceptors (Lipinski definition) is 6. The second-order valence-electron chi connectivity index (χ2n) is 2.43. The van der Waals surface area contributed by atoms with Gasteiger partial charge in [0, 0.05) is 0 Å². The molecule has 0 bridgehead atoms. The molecule has 0 saturated carbocycles. The smallest absolute Gasteiger partial charge is 0.329 e. The van der Waals surface area contributed by atoms with Crippen LogP contribution in [0.25, 0.3) is 0 Å². The average molecular weight is 200 g/mol. The van der Waals surface area contributed by atoms with Crippen molar-refractivity contribution in [3.05, 3.63) is 22.0 Å². The van der Waals surface area contributed by atoms with Crippen molar-refractivity contribution >= 4 is 11.7 Å². The van der Waals surface area contributed by atoms with Crippen LogP contribution in [0.3, 0.4) is 0 Å². The van der Waals surface area contributed by atoms with Gasteiger partial charge in [-0.05, 0) is 0 Å². The first kappa shape index (κ1) is 10.1. The van der Waals surface area contributed by atoms with Gasteiger partial charge in [0.2, 0.25) is 0 Å². The molecule has 0 spiro atoms. The number of ether oxygens (including phenoxy) is 1. The van der Waals surface area contributed by atoms with E-state index in [4.69, 9.17) is 5.73 Å². The molecule has 76 valence electrons. The molecule has 0 aliphatic heterocycles. The second-order valence-corrected chi connectivity index (χ2v) is 2.43. The number of aromatic nitrogens is 2. The molecule has 1 aromatic heterocycles. The van der Waals surface area contributed by atoms with Crippen LogP contribution in [0.15, 0.2) is 6.20 Å². The van der Waals surface area contributed by atoms with Gasteiger partial charge < -0.3 is 10.5 Å². The number of rotatable bonds is 3. The minimum Gasteiger partial charge on any atom is -0.468 e. The van der Waals surface area contributed by atoms with Gasteiger partial charge in [-0.2, -0.15) is 5.10 Å². The zero-order valence-corrected chi connectivity index (χ0v) is 7.26. The maximum atomic E-state index is 11.0. The molecule has 0 saturated heterocycles. The molecule has 8 nitrogen and oxygen atoms in total. The van der Waals surface area contributed by atoms with E-state index in [1.807, 2.05) is 0 Å². The molecule has 0 aromatic carbocycles. The zero-order chi connectivity index (χ0) is 10.7. The Kier molecular flexibility index (Phi) is 2.77. The molecular weight excluding hydrogens is 192 g/mol. The van der Waals surface area contributed by atoms with Gasteiger partial charge in [0.15, 0.2) is 6.04 Å². The highest BCUT2D eigenvalue weighted by atomic mass is 16.6. The van der Waals surface area contributed by atoms with Crippen molar-refractivity contribution in [3.8, 4) is 0 Å². The SMILES string of the molecule is COC(=O)C(N)c1[nH]ncc1[N+](=O)[O-]. The third-order valence-electron chi connectivity index (χ3n) is 1.61. The number of hydrogen-bond donors (Lipinski definition) is 2. The Morgan fingerprint density at radius 2 is 2.50 bits per heavy atom. The van der Waals surface area contributed by atoms with Crippen LogP contribution in [-0.4, -0.2) is 28.2 Å². The first-order chi connectivity index (χ1) is 6.57. The van der Waals surface area contributed by atoms with Crippen LogP contribution in [0, 0.1) is 10.1 Å². The van der Waals surface area contributed by atoms with Crippen molar-refractivity contribution in [3.63, 3.8) is 0 Å². The van der Waals surface area contributed by atoms with Crippen LogP contribution in [0.1, 0.15) is 11.7 Å². The predicted molar refractivity (Wildman–Crippen MR) is 44.2 cm³/mol. The van der Waals surface area contributed by atoms with Gasteiger partial charge >= 0.3 is 11.7 Å². The average Bonchev–Trinajstić information content (AvgIpc) is 2.63. The number of H-pyrrole nitrogens is 1. The van der Waals surface area contributed by atoms with E-state index in [0.717, 1.165) is 13.3 Å². The lowest BCUT2D eigenvalue weighted by atomic mass is 10.2. The molecule has 1 unspecified atom stereocenters. The number of aromatic amines is 1. The molecule has 1 aromatic rings. The van der Waals surface area contributed by atoms with Crippen LogP contribution in [0.5, 0.6) is 0 Å².